The van der Waals surface area contributed by atoms with Crippen LogP contribution in [0.25, 0.3) is 0 Å². The van der Waals surface area contributed by atoms with Crippen LogP contribution in [0.2, 0.25) is 0 Å². The molecule has 2 nitrogen and oxygen atoms in total. The molecule has 1 aromatic carbocycles. The molecule has 0 unspecified atom stereocenters. The molecule has 3 heteroatoms. The maximum atomic E-state index is 13.5. The van der Waals surface area contributed by atoms with Crippen LogP contribution in [0.3, 0.4) is 0 Å². The Bertz CT molecular complexity index is 388. The van der Waals surface area contributed by atoms with Crippen molar-refractivity contribution in [3.05, 3.63) is 35.6 Å². The standard InChI is InChI=1S/C16H24FNO/c1-18(12-13-6-8-15(19)9-7-13)11-10-14-4-2-3-5-16(14)17/h2-5,13,15,19H,6-12H2,1H3. The van der Waals surface area contributed by atoms with Gasteiger partial charge in [0.15, 0.2) is 0 Å². The second-order valence-electron chi connectivity index (χ2n) is 5.78. The third-order valence-corrected chi connectivity index (χ3v) is 4.11. The fourth-order valence-electron chi connectivity index (χ4n) is 2.87. The van der Waals surface area contributed by atoms with Crippen molar-refractivity contribution in [2.24, 2.45) is 5.92 Å². The zero-order valence-electron chi connectivity index (χ0n) is 11.7. The van der Waals surface area contributed by atoms with Crippen LogP contribution in [0.1, 0.15) is 31.2 Å². The number of nitrogens with zero attached hydrogens (tertiary/aromatic N) is 1. The van der Waals surface area contributed by atoms with Gasteiger partial charge in [-0.25, -0.2) is 4.39 Å². The fraction of sp³-hybridized carbons (Fsp3) is 0.625. The summed E-state index contributed by atoms with van der Waals surface area (Å²) in [4.78, 5) is 2.29. The first kappa shape index (κ1) is 14.5. The highest BCUT2D eigenvalue weighted by molar-refractivity contribution is 5.17. The first-order chi connectivity index (χ1) is 9.15. The van der Waals surface area contributed by atoms with E-state index >= 15 is 0 Å². The fourth-order valence-corrected chi connectivity index (χ4v) is 2.87. The largest absolute Gasteiger partial charge is 0.393 e. The molecule has 0 atom stereocenters. The van der Waals surface area contributed by atoms with Gasteiger partial charge in [-0.05, 0) is 56.7 Å². The van der Waals surface area contributed by atoms with Gasteiger partial charge in [0, 0.05) is 13.1 Å². The second-order valence-corrected chi connectivity index (χ2v) is 5.78. The van der Waals surface area contributed by atoms with E-state index in [1.807, 2.05) is 12.1 Å². The second kappa shape index (κ2) is 7.01. The molecule has 0 amide bonds. The Balaban J connectivity index is 1.73. The first-order valence-corrected chi connectivity index (χ1v) is 7.25. The van der Waals surface area contributed by atoms with Crippen LogP contribution in [-0.4, -0.2) is 36.2 Å². The highest BCUT2D eigenvalue weighted by Crippen LogP contribution is 2.24. The minimum absolute atomic E-state index is 0.0834. The van der Waals surface area contributed by atoms with Gasteiger partial charge in [0.25, 0.3) is 0 Å². The molecule has 1 fully saturated rings. The summed E-state index contributed by atoms with van der Waals surface area (Å²) < 4.78 is 13.5. The molecule has 1 N–H and O–H groups in total. The SMILES string of the molecule is CN(CCc1ccccc1F)CC1CCC(O)CC1. The maximum absolute atomic E-state index is 13.5. The van der Waals surface area contributed by atoms with Gasteiger partial charge in [0.2, 0.25) is 0 Å². The summed E-state index contributed by atoms with van der Waals surface area (Å²) in [6.07, 6.45) is 4.78. The third-order valence-electron chi connectivity index (χ3n) is 4.11. The van der Waals surface area contributed by atoms with Gasteiger partial charge in [-0.1, -0.05) is 18.2 Å². The third kappa shape index (κ3) is 4.59. The summed E-state index contributed by atoms with van der Waals surface area (Å²) in [7, 11) is 2.10. The predicted octanol–water partition coefficient (Wildman–Crippen LogP) is 2.85. The van der Waals surface area contributed by atoms with Gasteiger partial charge < -0.3 is 10.0 Å². The summed E-state index contributed by atoms with van der Waals surface area (Å²) in [5, 5.41) is 9.49. The van der Waals surface area contributed by atoms with E-state index < -0.39 is 0 Å². The number of hydrogen-bond acceptors (Lipinski definition) is 2. The van der Waals surface area contributed by atoms with E-state index in [-0.39, 0.29) is 11.9 Å². The van der Waals surface area contributed by atoms with Crippen molar-refractivity contribution in [1.29, 1.82) is 0 Å². The van der Waals surface area contributed by atoms with E-state index in [4.69, 9.17) is 0 Å². The number of hydrogen-bond donors (Lipinski definition) is 1. The van der Waals surface area contributed by atoms with Crippen molar-refractivity contribution < 1.29 is 9.50 Å². The van der Waals surface area contributed by atoms with Crippen LogP contribution in [0.5, 0.6) is 0 Å². The lowest BCUT2D eigenvalue weighted by Gasteiger charge is -2.29. The molecular formula is C16H24FNO. The van der Waals surface area contributed by atoms with Crippen molar-refractivity contribution in [3.8, 4) is 0 Å². The molecule has 1 aliphatic carbocycles. The topological polar surface area (TPSA) is 23.5 Å². The first-order valence-electron chi connectivity index (χ1n) is 7.25. The minimum atomic E-state index is -0.100. The Kier molecular flexibility index (Phi) is 5.34. The van der Waals surface area contributed by atoms with Crippen LogP contribution < -0.4 is 0 Å². The van der Waals surface area contributed by atoms with Crippen LogP contribution >= 0.6 is 0 Å². The number of rotatable bonds is 5. The van der Waals surface area contributed by atoms with E-state index in [0.717, 1.165) is 50.8 Å². The average molecular weight is 265 g/mol. The van der Waals surface area contributed by atoms with Crippen molar-refractivity contribution in [1.82, 2.24) is 4.90 Å². The molecule has 19 heavy (non-hydrogen) atoms. The molecule has 0 aliphatic heterocycles. The van der Waals surface area contributed by atoms with Crippen molar-refractivity contribution in [2.75, 3.05) is 20.1 Å². The Morgan fingerprint density at radius 2 is 1.89 bits per heavy atom. The maximum Gasteiger partial charge on any atom is 0.126 e. The predicted molar refractivity (Wildman–Crippen MR) is 75.6 cm³/mol. The molecule has 2 rings (SSSR count). The van der Waals surface area contributed by atoms with Crippen molar-refractivity contribution in [2.45, 2.75) is 38.2 Å². The van der Waals surface area contributed by atoms with Gasteiger partial charge in [-0.15, -0.1) is 0 Å². The van der Waals surface area contributed by atoms with Crippen LogP contribution in [0.15, 0.2) is 24.3 Å². The van der Waals surface area contributed by atoms with E-state index in [9.17, 15) is 9.50 Å². The Morgan fingerprint density at radius 3 is 2.58 bits per heavy atom. The van der Waals surface area contributed by atoms with Crippen molar-refractivity contribution >= 4 is 0 Å². The molecular weight excluding hydrogens is 241 g/mol. The molecule has 0 bridgehead atoms. The average Bonchev–Trinajstić information content (AvgIpc) is 2.40. The van der Waals surface area contributed by atoms with Crippen LogP contribution in [0.4, 0.5) is 4.39 Å². The molecule has 0 spiro atoms. The molecule has 1 aromatic rings. The normalized spacial score (nSPS) is 23.8. The van der Waals surface area contributed by atoms with E-state index in [2.05, 4.69) is 11.9 Å². The van der Waals surface area contributed by atoms with E-state index in [0.29, 0.717) is 5.92 Å². The Hall–Kier alpha value is -0.930. The molecule has 1 saturated carbocycles. The van der Waals surface area contributed by atoms with Crippen LogP contribution in [0, 0.1) is 11.7 Å². The van der Waals surface area contributed by atoms with Gasteiger partial charge in [-0.3, -0.25) is 0 Å². The summed E-state index contributed by atoms with van der Waals surface area (Å²) in [6, 6.07) is 7.01. The van der Waals surface area contributed by atoms with E-state index in [1.165, 1.54) is 6.07 Å². The summed E-state index contributed by atoms with van der Waals surface area (Å²) in [5.74, 6) is 0.589. The number of likely N-dealkylation sites (N-methyl/N-ethyl adjacent to an activating group) is 1. The molecule has 0 saturated heterocycles. The summed E-state index contributed by atoms with van der Waals surface area (Å²) >= 11 is 0. The highest BCUT2D eigenvalue weighted by atomic mass is 19.1. The van der Waals surface area contributed by atoms with Crippen LogP contribution in [-0.2, 0) is 6.42 Å². The number of aliphatic hydroxyl groups is 1. The smallest absolute Gasteiger partial charge is 0.126 e. The number of aliphatic hydroxyl groups excluding tert-OH is 1. The van der Waals surface area contributed by atoms with Gasteiger partial charge in [-0.2, -0.15) is 0 Å². The number of benzene rings is 1. The van der Waals surface area contributed by atoms with Gasteiger partial charge in [0.1, 0.15) is 5.82 Å². The molecule has 106 valence electrons. The molecule has 1 aliphatic rings. The van der Waals surface area contributed by atoms with Crippen molar-refractivity contribution in [3.63, 3.8) is 0 Å². The molecule has 0 aromatic heterocycles. The molecule has 0 radical (unpaired) electrons. The number of halogens is 1. The highest BCUT2D eigenvalue weighted by Gasteiger charge is 2.20. The lowest BCUT2D eigenvalue weighted by Crippen LogP contribution is -2.31. The zero-order chi connectivity index (χ0) is 13.7. The van der Waals surface area contributed by atoms with E-state index in [1.54, 1.807) is 6.07 Å². The summed E-state index contributed by atoms with van der Waals surface area (Å²) in [5.41, 5.74) is 0.799. The Morgan fingerprint density at radius 1 is 1.21 bits per heavy atom. The monoisotopic (exact) mass is 265 g/mol. The Labute approximate surface area is 115 Å². The zero-order valence-corrected chi connectivity index (χ0v) is 11.7. The van der Waals surface area contributed by atoms with Gasteiger partial charge >= 0.3 is 0 Å². The minimum Gasteiger partial charge on any atom is -0.393 e. The summed E-state index contributed by atoms with van der Waals surface area (Å²) in [6.45, 7) is 1.95. The lowest BCUT2D eigenvalue weighted by atomic mass is 9.87. The molecule has 0 heterocycles. The lowest BCUT2D eigenvalue weighted by molar-refractivity contribution is 0.0978. The quantitative estimate of drug-likeness (QED) is 0.885. The van der Waals surface area contributed by atoms with Gasteiger partial charge in [0.05, 0.1) is 6.10 Å².